The molecule has 0 saturated heterocycles. The molecule has 0 radical (unpaired) electrons. The molecule has 140 valence electrons. The molecule has 2 aromatic carbocycles. The van der Waals surface area contributed by atoms with Gasteiger partial charge in [-0.25, -0.2) is 0 Å². The van der Waals surface area contributed by atoms with Crippen LogP contribution in [0.5, 0.6) is 23.0 Å². The van der Waals surface area contributed by atoms with E-state index in [2.05, 4.69) is 5.32 Å². The number of phenolic OH excluding ortho intramolecular Hbond substituents is 1. The average molecular weight is 359 g/mol. The maximum atomic E-state index is 12.3. The Morgan fingerprint density at radius 3 is 2.35 bits per heavy atom. The van der Waals surface area contributed by atoms with Crippen LogP contribution in [0.15, 0.2) is 36.4 Å². The molecule has 6 heteroatoms. The lowest BCUT2D eigenvalue weighted by molar-refractivity contribution is -0.122. The van der Waals surface area contributed by atoms with Crippen LogP contribution in [0, 0.1) is 0 Å². The fourth-order valence-corrected chi connectivity index (χ4v) is 2.67. The first-order valence-electron chi connectivity index (χ1n) is 8.35. The Bertz CT molecular complexity index is 743. The van der Waals surface area contributed by atoms with Crippen LogP contribution in [-0.2, 0) is 11.2 Å². The normalized spacial score (nSPS) is 11.5. The smallest absolute Gasteiger partial charge is 0.227 e. The number of methoxy groups -OCH3 is 3. The SMILES string of the molecule is COc1ccc(C(C)C(=O)NCCc2cc(O)c(OC)c(OC)c2)cc1. The highest BCUT2D eigenvalue weighted by Gasteiger charge is 2.15. The number of aromatic hydroxyl groups is 1. The van der Waals surface area contributed by atoms with E-state index in [1.54, 1.807) is 19.2 Å². The topological polar surface area (TPSA) is 77.0 Å². The number of hydrogen-bond acceptors (Lipinski definition) is 5. The van der Waals surface area contributed by atoms with Crippen LogP contribution >= 0.6 is 0 Å². The molecule has 6 nitrogen and oxygen atoms in total. The molecule has 0 aliphatic heterocycles. The molecule has 1 unspecified atom stereocenters. The van der Waals surface area contributed by atoms with Gasteiger partial charge in [-0.2, -0.15) is 0 Å². The monoisotopic (exact) mass is 359 g/mol. The van der Waals surface area contributed by atoms with E-state index in [9.17, 15) is 9.90 Å². The predicted octanol–water partition coefficient (Wildman–Crippen LogP) is 2.88. The van der Waals surface area contributed by atoms with E-state index < -0.39 is 0 Å². The molecule has 0 bridgehead atoms. The molecule has 0 aliphatic rings. The zero-order valence-corrected chi connectivity index (χ0v) is 15.5. The minimum absolute atomic E-state index is 0.0137. The number of carbonyl (C=O) groups is 1. The lowest BCUT2D eigenvalue weighted by atomic mass is 10.00. The number of ether oxygens (including phenoxy) is 3. The number of nitrogens with one attached hydrogen (secondary N) is 1. The van der Waals surface area contributed by atoms with Gasteiger partial charge in [0.1, 0.15) is 5.75 Å². The van der Waals surface area contributed by atoms with Crippen LogP contribution in [0.1, 0.15) is 24.0 Å². The fourth-order valence-electron chi connectivity index (χ4n) is 2.67. The standard InChI is InChI=1S/C20H25NO5/c1-13(15-5-7-16(24-2)8-6-15)20(23)21-10-9-14-11-17(22)19(26-4)18(12-14)25-3/h5-8,11-13,22H,9-10H2,1-4H3,(H,21,23). The predicted molar refractivity (Wildman–Crippen MR) is 99.3 cm³/mol. The summed E-state index contributed by atoms with van der Waals surface area (Å²) in [5.74, 6) is 1.21. The van der Waals surface area contributed by atoms with Crippen LogP contribution < -0.4 is 19.5 Å². The lowest BCUT2D eigenvalue weighted by Gasteiger charge is -2.14. The maximum Gasteiger partial charge on any atom is 0.227 e. The van der Waals surface area contributed by atoms with E-state index in [4.69, 9.17) is 14.2 Å². The van der Waals surface area contributed by atoms with Crippen molar-refractivity contribution in [2.75, 3.05) is 27.9 Å². The van der Waals surface area contributed by atoms with Crippen LogP contribution in [-0.4, -0.2) is 38.9 Å². The van der Waals surface area contributed by atoms with Crippen molar-refractivity contribution < 1.29 is 24.1 Å². The van der Waals surface area contributed by atoms with Crippen molar-refractivity contribution in [1.29, 1.82) is 0 Å². The van der Waals surface area contributed by atoms with Gasteiger partial charge in [0.05, 0.1) is 27.2 Å². The van der Waals surface area contributed by atoms with E-state index in [1.807, 2.05) is 31.2 Å². The number of hydrogen-bond donors (Lipinski definition) is 2. The molecule has 0 aliphatic carbocycles. The summed E-state index contributed by atoms with van der Waals surface area (Å²) < 4.78 is 15.5. The molecule has 1 amide bonds. The van der Waals surface area contributed by atoms with E-state index in [-0.39, 0.29) is 17.6 Å². The van der Waals surface area contributed by atoms with Crippen LogP contribution in [0.2, 0.25) is 0 Å². The zero-order chi connectivity index (χ0) is 19.1. The number of phenols is 1. The third-order valence-corrected chi connectivity index (χ3v) is 4.24. The van der Waals surface area contributed by atoms with Gasteiger partial charge in [0.25, 0.3) is 0 Å². The van der Waals surface area contributed by atoms with Gasteiger partial charge in [-0.15, -0.1) is 0 Å². The van der Waals surface area contributed by atoms with Crippen molar-refractivity contribution in [3.8, 4) is 23.0 Å². The summed E-state index contributed by atoms with van der Waals surface area (Å²) in [6.45, 7) is 2.31. The fraction of sp³-hybridized carbons (Fsp3) is 0.350. The minimum Gasteiger partial charge on any atom is -0.504 e. The van der Waals surface area contributed by atoms with Gasteiger partial charge in [-0.05, 0) is 48.7 Å². The summed E-state index contributed by atoms with van der Waals surface area (Å²) in [5, 5.41) is 12.9. The third-order valence-electron chi connectivity index (χ3n) is 4.24. The summed E-state index contributed by atoms with van der Waals surface area (Å²) in [6.07, 6.45) is 0.564. The Labute approximate surface area is 153 Å². The summed E-state index contributed by atoms with van der Waals surface area (Å²) in [7, 11) is 4.59. The Morgan fingerprint density at radius 2 is 1.77 bits per heavy atom. The highest BCUT2D eigenvalue weighted by Crippen LogP contribution is 2.37. The van der Waals surface area contributed by atoms with Crippen molar-refractivity contribution in [2.24, 2.45) is 0 Å². The maximum absolute atomic E-state index is 12.3. The summed E-state index contributed by atoms with van der Waals surface area (Å²) >= 11 is 0. The molecular weight excluding hydrogens is 334 g/mol. The zero-order valence-electron chi connectivity index (χ0n) is 15.5. The highest BCUT2D eigenvalue weighted by atomic mass is 16.5. The molecule has 1 atom stereocenters. The second kappa shape index (κ2) is 8.99. The Kier molecular flexibility index (Phi) is 6.72. The molecule has 0 spiro atoms. The molecule has 0 heterocycles. The average Bonchev–Trinajstić information content (AvgIpc) is 2.66. The van der Waals surface area contributed by atoms with E-state index >= 15 is 0 Å². The summed E-state index contributed by atoms with van der Waals surface area (Å²) in [5.41, 5.74) is 1.77. The van der Waals surface area contributed by atoms with Crippen molar-refractivity contribution in [2.45, 2.75) is 19.3 Å². The van der Waals surface area contributed by atoms with E-state index in [1.165, 1.54) is 14.2 Å². The quantitative estimate of drug-likeness (QED) is 0.758. The Morgan fingerprint density at radius 1 is 1.08 bits per heavy atom. The van der Waals surface area contributed by atoms with Crippen molar-refractivity contribution in [3.05, 3.63) is 47.5 Å². The summed E-state index contributed by atoms with van der Waals surface area (Å²) in [4.78, 5) is 12.3. The van der Waals surface area contributed by atoms with Gasteiger partial charge in [-0.1, -0.05) is 12.1 Å². The van der Waals surface area contributed by atoms with Crippen molar-refractivity contribution in [3.63, 3.8) is 0 Å². The second-order valence-electron chi connectivity index (χ2n) is 5.89. The van der Waals surface area contributed by atoms with Gasteiger partial charge in [0.15, 0.2) is 11.5 Å². The van der Waals surface area contributed by atoms with E-state index in [0.29, 0.717) is 24.5 Å². The first-order chi connectivity index (χ1) is 12.5. The van der Waals surface area contributed by atoms with Crippen molar-refractivity contribution in [1.82, 2.24) is 5.32 Å². The first kappa shape index (κ1) is 19.4. The van der Waals surface area contributed by atoms with Gasteiger partial charge < -0.3 is 24.6 Å². The molecule has 0 aromatic heterocycles. The number of rotatable bonds is 8. The Hall–Kier alpha value is -2.89. The molecular formula is C20H25NO5. The number of carbonyl (C=O) groups excluding carboxylic acids is 1. The molecule has 2 aromatic rings. The van der Waals surface area contributed by atoms with Crippen molar-refractivity contribution >= 4 is 5.91 Å². The molecule has 0 fully saturated rings. The van der Waals surface area contributed by atoms with Gasteiger partial charge in [-0.3, -0.25) is 4.79 Å². The van der Waals surface area contributed by atoms with Gasteiger partial charge in [0.2, 0.25) is 11.7 Å². The molecule has 2 rings (SSSR count). The highest BCUT2D eigenvalue weighted by molar-refractivity contribution is 5.83. The Balaban J connectivity index is 1.94. The molecule has 2 N–H and O–H groups in total. The molecule has 0 saturated carbocycles. The largest absolute Gasteiger partial charge is 0.504 e. The van der Waals surface area contributed by atoms with Crippen LogP contribution in [0.4, 0.5) is 0 Å². The number of amides is 1. The van der Waals surface area contributed by atoms with Gasteiger partial charge in [0, 0.05) is 6.54 Å². The van der Waals surface area contributed by atoms with Gasteiger partial charge >= 0.3 is 0 Å². The third kappa shape index (κ3) is 4.59. The van der Waals surface area contributed by atoms with E-state index in [0.717, 1.165) is 16.9 Å². The lowest BCUT2D eigenvalue weighted by Crippen LogP contribution is -2.29. The van der Waals surface area contributed by atoms with Crippen LogP contribution in [0.3, 0.4) is 0 Å². The second-order valence-corrected chi connectivity index (χ2v) is 5.89. The first-order valence-corrected chi connectivity index (χ1v) is 8.35. The van der Waals surface area contributed by atoms with Crippen LogP contribution in [0.25, 0.3) is 0 Å². The molecule has 26 heavy (non-hydrogen) atoms. The summed E-state index contributed by atoms with van der Waals surface area (Å²) in [6, 6.07) is 10.8. The minimum atomic E-state index is -0.264. The number of benzene rings is 2.